The molecule has 2 aromatic heterocycles. The van der Waals surface area contributed by atoms with E-state index >= 15 is 0 Å². The number of hydrogen-bond donors (Lipinski definition) is 1. The molecule has 0 bridgehead atoms. The minimum atomic E-state index is -0.0845. The molecule has 0 radical (unpaired) electrons. The van der Waals surface area contributed by atoms with Gasteiger partial charge in [-0.2, -0.15) is 5.10 Å². The van der Waals surface area contributed by atoms with Crippen LogP contribution in [-0.2, 0) is 20.1 Å². The lowest BCUT2D eigenvalue weighted by Gasteiger charge is -2.31. The zero-order valence-electron chi connectivity index (χ0n) is 14.1. The molecule has 1 N–H and O–H groups in total. The number of rotatable bonds is 4. The zero-order chi connectivity index (χ0) is 17.1. The number of aryl methyl sites for hydroxylation is 1. The minimum Gasteiger partial charge on any atom is -0.467 e. The molecule has 8 nitrogen and oxygen atoms in total. The summed E-state index contributed by atoms with van der Waals surface area (Å²) in [5, 5.41) is 7.24. The van der Waals surface area contributed by atoms with Crippen LogP contribution in [0.15, 0.2) is 27.6 Å². The number of urea groups is 1. The van der Waals surface area contributed by atoms with Crippen LogP contribution in [-0.4, -0.2) is 38.4 Å². The molecule has 0 aliphatic carbocycles. The van der Waals surface area contributed by atoms with Crippen molar-refractivity contribution in [1.82, 2.24) is 24.6 Å². The second-order valence-corrected chi connectivity index (χ2v) is 6.01. The summed E-state index contributed by atoms with van der Waals surface area (Å²) >= 11 is 0. The Labute approximate surface area is 140 Å². The minimum absolute atomic E-state index is 0.0777. The number of nitrogens with zero attached hydrogens (tertiary/aromatic N) is 4. The molecule has 130 valence electrons. The molecule has 8 heteroatoms. The van der Waals surface area contributed by atoms with Gasteiger partial charge in [-0.25, -0.2) is 14.3 Å². The summed E-state index contributed by atoms with van der Waals surface area (Å²) < 4.78 is 8.32. The first-order chi connectivity index (χ1) is 11.6. The van der Waals surface area contributed by atoms with Crippen LogP contribution < -0.4 is 11.0 Å². The normalized spacial score (nSPS) is 15.7. The largest absolute Gasteiger partial charge is 0.467 e. The molecule has 0 unspecified atom stereocenters. The summed E-state index contributed by atoms with van der Waals surface area (Å²) in [6.07, 6.45) is 3.21. The van der Waals surface area contributed by atoms with Gasteiger partial charge < -0.3 is 14.6 Å². The first-order valence-electron chi connectivity index (χ1n) is 8.29. The molecule has 2 aromatic rings. The third-order valence-electron chi connectivity index (χ3n) is 4.49. The molecule has 0 aromatic carbocycles. The van der Waals surface area contributed by atoms with Gasteiger partial charge in [-0.3, -0.25) is 4.57 Å². The third kappa shape index (κ3) is 3.22. The number of carbonyl (C=O) groups is 1. The van der Waals surface area contributed by atoms with Crippen molar-refractivity contribution in [2.24, 2.45) is 7.05 Å². The van der Waals surface area contributed by atoms with E-state index in [1.165, 1.54) is 4.68 Å². The van der Waals surface area contributed by atoms with E-state index in [-0.39, 0.29) is 17.6 Å². The molecular formula is C16H23N5O3. The Bertz CT molecular complexity index is 738. The first kappa shape index (κ1) is 16.4. The van der Waals surface area contributed by atoms with Crippen LogP contribution in [0.1, 0.15) is 37.3 Å². The maximum absolute atomic E-state index is 12.2. The van der Waals surface area contributed by atoms with Gasteiger partial charge in [-0.15, -0.1) is 0 Å². The molecule has 3 heterocycles. The van der Waals surface area contributed by atoms with E-state index in [0.717, 1.165) is 24.4 Å². The lowest BCUT2D eigenvalue weighted by atomic mass is 9.96. The Morgan fingerprint density at radius 1 is 1.42 bits per heavy atom. The number of carbonyl (C=O) groups excluding carboxylic acids is 1. The van der Waals surface area contributed by atoms with Gasteiger partial charge in [0.2, 0.25) is 0 Å². The van der Waals surface area contributed by atoms with Gasteiger partial charge in [0.05, 0.1) is 12.8 Å². The summed E-state index contributed by atoms with van der Waals surface area (Å²) in [5.41, 5.74) is -0.0777. The van der Waals surface area contributed by atoms with E-state index in [0.29, 0.717) is 26.2 Å². The zero-order valence-corrected chi connectivity index (χ0v) is 14.1. The van der Waals surface area contributed by atoms with Crippen LogP contribution in [0.3, 0.4) is 0 Å². The lowest BCUT2D eigenvalue weighted by Crippen LogP contribution is -2.44. The number of amides is 2. The van der Waals surface area contributed by atoms with Crippen LogP contribution in [0.2, 0.25) is 0 Å². The smallest absolute Gasteiger partial charge is 0.345 e. The van der Waals surface area contributed by atoms with Gasteiger partial charge in [-0.05, 0) is 31.9 Å². The maximum atomic E-state index is 12.2. The standard InChI is InChI=1S/C16H23N5O3/c1-3-21-14(18-19(2)16(21)23)12-6-8-20(9-7-12)15(22)17-11-13-5-4-10-24-13/h4-5,10,12H,3,6-9,11H2,1-2H3,(H,17,22). The van der Waals surface area contributed by atoms with E-state index in [4.69, 9.17) is 4.42 Å². The van der Waals surface area contributed by atoms with Crippen molar-refractivity contribution in [3.05, 3.63) is 40.5 Å². The predicted molar refractivity (Wildman–Crippen MR) is 87.6 cm³/mol. The predicted octanol–water partition coefficient (Wildman–Crippen LogP) is 1.28. The summed E-state index contributed by atoms with van der Waals surface area (Å²) in [6.45, 7) is 4.27. The van der Waals surface area contributed by atoms with Crippen molar-refractivity contribution in [1.29, 1.82) is 0 Å². The van der Waals surface area contributed by atoms with Crippen molar-refractivity contribution in [2.75, 3.05) is 13.1 Å². The van der Waals surface area contributed by atoms with Gasteiger partial charge in [-0.1, -0.05) is 0 Å². The molecular weight excluding hydrogens is 310 g/mol. The van der Waals surface area contributed by atoms with Crippen LogP contribution in [0.5, 0.6) is 0 Å². The van der Waals surface area contributed by atoms with Crippen molar-refractivity contribution in [2.45, 2.75) is 38.8 Å². The van der Waals surface area contributed by atoms with Crippen LogP contribution >= 0.6 is 0 Å². The average molecular weight is 333 g/mol. The van der Waals surface area contributed by atoms with E-state index in [9.17, 15) is 9.59 Å². The summed E-state index contributed by atoms with van der Waals surface area (Å²) in [4.78, 5) is 26.0. The van der Waals surface area contributed by atoms with Crippen molar-refractivity contribution in [3.63, 3.8) is 0 Å². The number of hydrogen-bond acceptors (Lipinski definition) is 4. The number of furan rings is 1. The quantitative estimate of drug-likeness (QED) is 0.913. The monoisotopic (exact) mass is 333 g/mol. The number of aromatic nitrogens is 3. The summed E-state index contributed by atoms with van der Waals surface area (Å²) in [6, 6.07) is 3.55. The second-order valence-electron chi connectivity index (χ2n) is 6.01. The summed E-state index contributed by atoms with van der Waals surface area (Å²) in [7, 11) is 1.68. The van der Waals surface area contributed by atoms with Gasteiger partial charge in [0.15, 0.2) is 0 Å². The fourth-order valence-electron chi connectivity index (χ4n) is 3.15. The molecule has 0 spiro atoms. The van der Waals surface area contributed by atoms with E-state index in [1.54, 1.807) is 28.8 Å². The van der Waals surface area contributed by atoms with Gasteiger partial charge >= 0.3 is 11.7 Å². The molecule has 1 fully saturated rings. The third-order valence-corrected chi connectivity index (χ3v) is 4.49. The Morgan fingerprint density at radius 2 is 2.17 bits per heavy atom. The van der Waals surface area contributed by atoms with E-state index in [1.807, 2.05) is 13.0 Å². The van der Waals surface area contributed by atoms with E-state index in [2.05, 4.69) is 10.4 Å². The molecule has 1 aliphatic rings. The van der Waals surface area contributed by atoms with Crippen molar-refractivity contribution < 1.29 is 9.21 Å². The van der Waals surface area contributed by atoms with Gasteiger partial charge in [0.1, 0.15) is 11.6 Å². The van der Waals surface area contributed by atoms with Crippen molar-refractivity contribution in [3.8, 4) is 0 Å². The molecule has 3 rings (SSSR count). The summed E-state index contributed by atoms with van der Waals surface area (Å²) in [5.74, 6) is 1.78. The lowest BCUT2D eigenvalue weighted by molar-refractivity contribution is 0.178. The fourth-order valence-corrected chi connectivity index (χ4v) is 3.15. The van der Waals surface area contributed by atoms with Crippen LogP contribution in [0, 0.1) is 0 Å². The Hall–Kier alpha value is -2.51. The first-order valence-corrected chi connectivity index (χ1v) is 8.29. The Balaban J connectivity index is 1.56. The average Bonchev–Trinajstić information content (AvgIpc) is 3.21. The highest BCUT2D eigenvalue weighted by Gasteiger charge is 2.27. The maximum Gasteiger partial charge on any atom is 0.345 e. The van der Waals surface area contributed by atoms with Gasteiger partial charge in [0, 0.05) is 32.6 Å². The molecule has 0 atom stereocenters. The Morgan fingerprint density at radius 3 is 2.79 bits per heavy atom. The number of piperidine rings is 1. The molecule has 2 amide bonds. The van der Waals surface area contributed by atoms with Crippen LogP contribution in [0.4, 0.5) is 4.79 Å². The van der Waals surface area contributed by atoms with E-state index < -0.39 is 0 Å². The number of likely N-dealkylation sites (tertiary alicyclic amines) is 1. The molecule has 1 aliphatic heterocycles. The Kier molecular flexibility index (Phi) is 4.73. The van der Waals surface area contributed by atoms with Gasteiger partial charge in [0.25, 0.3) is 0 Å². The van der Waals surface area contributed by atoms with Crippen LogP contribution in [0.25, 0.3) is 0 Å². The topological polar surface area (TPSA) is 85.3 Å². The second kappa shape index (κ2) is 6.94. The highest BCUT2D eigenvalue weighted by atomic mass is 16.3. The highest BCUT2D eigenvalue weighted by Crippen LogP contribution is 2.26. The molecule has 24 heavy (non-hydrogen) atoms. The SMILES string of the molecule is CCn1c(C2CCN(C(=O)NCc3ccco3)CC2)nn(C)c1=O. The van der Waals surface area contributed by atoms with Crippen molar-refractivity contribution >= 4 is 6.03 Å². The molecule has 1 saturated heterocycles. The molecule has 0 saturated carbocycles. The highest BCUT2D eigenvalue weighted by molar-refractivity contribution is 5.74. The fraction of sp³-hybridized carbons (Fsp3) is 0.562. The number of nitrogens with one attached hydrogen (secondary N) is 1.